The molecule has 2 aliphatic heterocycles. The Kier molecular flexibility index (Phi) is 4.50. The second kappa shape index (κ2) is 6.68. The second-order valence-corrected chi connectivity index (χ2v) is 8.44. The normalized spacial score (nSPS) is 26.7. The van der Waals surface area contributed by atoms with Crippen molar-refractivity contribution >= 4 is 23.6 Å². The molecule has 6 nitrogen and oxygen atoms in total. The third-order valence-electron chi connectivity index (χ3n) is 5.68. The average molecular weight is 377 g/mol. The molecular weight excluding hydrogens is 354 g/mol. The van der Waals surface area contributed by atoms with Crippen molar-refractivity contribution in [1.82, 2.24) is 4.90 Å². The summed E-state index contributed by atoms with van der Waals surface area (Å²) in [5.41, 5.74) is -0.269. The van der Waals surface area contributed by atoms with Crippen LogP contribution in [0.25, 0.3) is 0 Å². The fraction of sp³-hybridized carbons (Fsp3) is 0.579. The van der Waals surface area contributed by atoms with E-state index in [2.05, 4.69) is 0 Å². The molecule has 1 N–H and O–H groups in total. The number of ether oxygens (including phenoxy) is 2. The minimum Gasteiger partial charge on any atom is -0.493 e. The number of carbonyl (C=O) groups excluding carboxylic acids is 1. The highest BCUT2D eigenvalue weighted by Gasteiger charge is 2.57. The number of nitrogens with zero attached hydrogens (tertiary/aromatic N) is 1. The van der Waals surface area contributed by atoms with Gasteiger partial charge in [0.2, 0.25) is 5.91 Å². The molecule has 1 amide bonds. The first-order valence-electron chi connectivity index (χ1n) is 8.94. The lowest BCUT2D eigenvalue weighted by atomic mass is 9.73. The van der Waals surface area contributed by atoms with Crippen LogP contribution >= 0.6 is 11.8 Å². The molecule has 1 saturated carbocycles. The van der Waals surface area contributed by atoms with Crippen LogP contribution in [0.4, 0.5) is 0 Å². The van der Waals surface area contributed by atoms with Crippen molar-refractivity contribution in [2.45, 2.75) is 18.8 Å². The topological polar surface area (TPSA) is 76.1 Å². The highest BCUT2D eigenvalue weighted by Crippen LogP contribution is 2.52. The van der Waals surface area contributed by atoms with Crippen molar-refractivity contribution in [3.63, 3.8) is 0 Å². The van der Waals surface area contributed by atoms with E-state index in [1.165, 1.54) is 12.8 Å². The van der Waals surface area contributed by atoms with Crippen molar-refractivity contribution in [3.8, 4) is 11.5 Å². The van der Waals surface area contributed by atoms with Gasteiger partial charge in [0, 0.05) is 24.6 Å². The van der Waals surface area contributed by atoms with Crippen molar-refractivity contribution in [2.75, 3.05) is 38.3 Å². The Balaban J connectivity index is 1.56. The van der Waals surface area contributed by atoms with E-state index in [9.17, 15) is 14.7 Å². The molecule has 1 aliphatic carbocycles. The van der Waals surface area contributed by atoms with Gasteiger partial charge in [-0.2, -0.15) is 11.8 Å². The predicted molar refractivity (Wildman–Crippen MR) is 97.9 cm³/mol. The van der Waals surface area contributed by atoms with Crippen molar-refractivity contribution < 1.29 is 24.2 Å². The number of carboxylic acids is 1. The van der Waals surface area contributed by atoms with E-state index in [0.717, 1.165) is 17.2 Å². The number of hydrogen-bond donors (Lipinski definition) is 1. The number of fused-ring (bicyclic) bond motifs is 3. The number of likely N-dealkylation sites (tertiary alicyclic amines) is 1. The molecule has 1 saturated heterocycles. The molecule has 26 heavy (non-hydrogen) atoms. The van der Waals surface area contributed by atoms with Crippen molar-refractivity contribution in [2.24, 2.45) is 11.3 Å². The van der Waals surface area contributed by atoms with Gasteiger partial charge in [-0.05, 0) is 30.6 Å². The Hall–Kier alpha value is -1.89. The van der Waals surface area contributed by atoms with Crippen molar-refractivity contribution in [1.29, 1.82) is 0 Å². The summed E-state index contributed by atoms with van der Waals surface area (Å²) in [4.78, 5) is 26.5. The highest BCUT2D eigenvalue weighted by molar-refractivity contribution is 7.99. The lowest BCUT2D eigenvalue weighted by molar-refractivity contribution is -0.152. The molecule has 4 rings (SSSR count). The molecule has 1 aromatic rings. The maximum Gasteiger partial charge on any atom is 0.315 e. The van der Waals surface area contributed by atoms with Gasteiger partial charge in [-0.25, -0.2) is 0 Å². The summed E-state index contributed by atoms with van der Waals surface area (Å²) in [6, 6.07) is 5.53. The SMILES string of the molecule is COc1cccc2c1OC[C@]1(C(=O)O)CN(C(=O)CSCC3CC3)C[C@H]21. The van der Waals surface area contributed by atoms with Gasteiger partial charge in [-0.1, -0.05) is 12.1 Å². The zero-order chi connectivity index (χ0) is 18.3. The van der Waals surface area contributed by atoms with E-state index in [-0.39, 0.29) is 25.0 Å². The molecule has 2 fully saturated rings. The van der Waals surface area contributed by atoms with Gasteiger partial charge in [0.25, 0.3) is 0 Å². The first-order chi connectivity index (χ1) is 12.5. The van der Waals surface area contributed by atoms with Crippen LogP contribution in [-0.4, -0.2) is 60.2 Å². The smallest absolute Gasteiger partial charge is 0.315 e. The van der Waals surface area contributed by atoms with Gasteiger partial charge in [0.15, 0.2) is 11.5 Å². The van der Waals surface area contributed by atoms with Crippen LogP contribution < -0.4 is 9.47 Å². The summed E-state index contributed by atoms with van der Waals surface area (Å²) in [5.74, 6) is 2.26. The molecule has 2 heterocycles. The number of hydrogen-bond acceptors (Lipinski definition) is 5. The van der Waals surface area contributed by atoms with Crippen LogP contribution in [0.2, 0.25) is 0 Å². The van der Waals surface area contributed by atoms with Gasteiger partial charge >= 0.3 is 5.97 Å². The lowest BCUT2D eigenvalue weighted by Gasteiger charge is -2.36. The zero-order valence-electron chi connectivity index (χ0n) is 14.8. The molecule has 0 aromatic heterocycles. The third-order valence-corrected chi connectivity index (χ3v) is 6.83. The minimum absolute atomic E-state index is 0.0233. The summed E-state index contributed by atoms with van der Waals surface area (Å²) >= 11 is 1.66. The van der Waals surface area contributed by atoms with E-state index in [1.807, 2.05) is 12.1 Å². The largest absolute Gasteiger partial charge is 0.493 e. The van der Waals surface area contributed by atoms with Crippen LogP contribution in [0, 0.1) is 11.3 Å². The number of methoxy groups -OCH3 is 1. The minimum atomic E-state index is -1.09. The molecule has 0 radical (unpaired) electrons. The third kappa shape index (κ3) is 2.92. The van der Waals surface area contributed by atoms with E-state index >= 15 is 0 Å². The molecule has 1 aromatic carbocycles. The quantitative estimate of drug-likeness (QED) is 0.819. The molecule has 140 valence electrons. The van der Waals surface area contributed by atoms with Gasteiger partial charge in [-0.3, -0.25) is 9.59 Å². The van der Waals surface area contributed by atoms with Gasteiger partial charge in [-0.15, -0.1) is 0 Å². The van der Waals surface area contributed by atoms with Gasteiger partial charge in [0.1, 0.15) is 12.0 Å². The second-order valence-electron chi connectivity index (χ2n) is 7.41. The maximum atomic E-state index is 12.6. The molecule has 3 aliphatic rings. The summed E-state index contributed by atoms with van der Waals surface area (Å²) in [5, 5.41) is 9.95. The van der Waals surface area contributed by atoms with Gasteiger partial charge < -0.3 is 19.5 Å². The summed E-state index contributed by atoms with van der Waals surface area (Å²) in [7, 11) is 1.57. The van der Waals surface area contributed by atoms with E-state index in [4.69, 9.17) is 9.47 Å². The van der Waals surface area contributed by atoms with E-state index < -0.39 is 11.4 Å². The fourth-order valence-corrected chi connectivity index (χ4v) is 5.07. The van der Waals surface area contributed by atoms with Crippen LogP contribution in [-0.2, 0) is 9.59 Å². The Labute approximate surface area is 156 Å². The number of aliphatic carboxylic acids is 1. The molecular formula is C19H23NO5S. The highest BCUT2D eigenvalue weighted by atomic mass is 32.2. The molecule has 2 atom stereocenters. The van der Waals surface area contributed by atoms with Crippen LogP contribution in [0.3, 0.4) is 0 Å². The fourth-order valence-electron chi connectivity index (χ4n) is 3.93. The predicted octanol–water partition coefficient (Wildman–Crippen LogP) is 2.23. The number of rotatable bonds is 6. The van der Waals surface area contributed by atoms with E-state index in [0.29, 0.717) is 23.8 Å². The molecule has 0 spiro atoms. The Morgan fingerprint density at radius 3 is 2.92 bits per heavy atom. The Morgan fingerprint density at radius 2 is 2.23 bits per heavy atom. The molecule has 7 heteroatoms. The Bertz CT molecular complexity index is 735. The number of carboxylic acid groups (broad SMARTS) is 1. The lowest BCUT2D eigenvalue weighted by Crippen LogP contribution is -2.46. The number of benzene rings is 1. The summed E-state index contributed by atoms with van der Waals surface area (Å²) in [6.07, 6.45) is 2.54. The molecule has 0 unspecified atom stereocenters. The van der Waals surface area contributed by atoms with Gasteiger partial charge in [0.05, 0.1) is 12.9 Å². The van der Waals surface area contributed by atoms with Crippen LogP contribution in [0.5, 0.6) is 11.5 Å². The molecule has 0 bridgehead atoms. The van der Waals surface area contributed by atoms with E-state index in [1.54, 1.807) is 29.8 Å². The number of amides is 1. The number of carbonyl (C=O) groups is 2. The first kappa shape index (κ1) is 17.5. The number of thioether (sulfide) groups is 1. The maximum absolute atomic E-state index is 12.6. The Morgan fingerprint density at radius 1 is 1.42 bits per heavy atom. The van der Waals surface area contributed by atoms with Crippen LogP contribution in [0.1, 0.15) is 24.3 Å². The number of para-hydroxylation sites is 1. The zero-order valence-corrected chi connectivity index (χ0v) is 15.6. The standard InChI is InChI=1S/C19H23NO5S/c1-24-15-4-2-3-13-14-7-20(16(21)9-26-8-12-5-6-12)10-19(14,18(22)23)11-25-17(13)15/h2-4,12,14H,5-11H2,1H3,(H,22,23)/t14-,19-/m1/s1. The van der Waals surface area contributed by atoms with Crippen molar-refractivity contribution in [3.05, 3.63) is 23.8 Å². The summed E-state index contributed by atoms with van der Waals surface area (Å²) in [6.45, 7) is 0.671. The summed E-state index contributed by atoms with van der Waals surface area (Å²) < 4.78 is 11.2. The monoisotopic (exact) mass is 377 g/mol. The average Bonchev–Trinajstić information content (AvgIpc) is 3.36. The first-order valence-corrected chi connectivity index (χ1v) is 10.1. The van der Waals surface area contributed by atoms with Crippen LogP contribution in [0.15, 0.2) is 18.2 Å².